The molecular formula is C14H27NOS. The predicted octanol–water partition coefficient (Wildman–Crippen LogP) is 3.41. The van der Waals surface area contributed by atoms with Crippen LogP contribution < -0.4 is 5.32 Å². The summed E-state index contributed by atoms with van der Waals surface area (Å²) >= 11 is 2.03. The van der Waals surface area contributed by atoms with Crippen LogP contribution in [0.3, 0.4) is 0 Å². The van der Waals surface area contributed by atoms with E-state index in [4.69, 9.17) is 4.74 Å². The van der Waals surface area contributed by atoms with Gasteiger partial charge < -0.3 is 4.74 Å². The highest BCUT2D eigenvalue weighted by Crippen LogP contribution is 2.47. The zero-order valence-corrected chi connectivity index (χ0v) is 12.6. The number of ether oxygens (including phenoxy) is 1. The average molecular weight is 257 g/mol. The Kier molecular flexibility index (Phi) is 3.82. The molecule has 2 saturated heterocycles. The van der Waals surface area contributed by atoms with E-state index in [1.165, 1.54) is 18.6 Å². The van der Waals surface area contributed by atoms with Gasteiger partial charge in [-0.2, -0.15) is 11.8 Å². The largest absolute Gasteiger partial charge is 0.353 e. The van der Waals surface area contributed by atoms with E-state index in [9.17, 15) is 0 Å². The first kappa shape index (κ1) is 13.7. The molecule has 2 fully saturated rings. The van der Waals surface area contributed by atoms with Gasteiger partial charge in [-0.15, -0.1) is 0 Å². The fourth-order valence-electron chi connectivity index (χ4n) is 3.43. The molecule has 0 aliphatic carbocycles. The van der Waals surface area contributed by atoms with E-state index in [-0.39, 0.29) is 16.7 Å². The third kappa shape index (κ3) is 2.26. The summed E-state index contributed by atoms with van der Waals surface area (Å²) in [6, 6.07) is 0. The second kappa shape index (κ2) is 4.75. The number of hydrogen-bond donors (Lipinski definition) is 1. The first-order chi connectivity index (χ1) is 7.99. The molecule has 0 aromatic carbocycles. The third-order valence-electron chi connectivity index (χ3n) is 4.82. The van der Waals surface area contributed by atoms with Crippen LogP contribution in [0.15, 0.2) is 0 Å². The summed E-state index contributed by atoms with van der Waals surface area (Å²) < 4.78 is 6.68. The summed E-state index contributed by atoms with van der Waals surface area (Å²) in [6.45, 7) is 10.3. The van der Waals surface area contributed by atoms with E-state index in [1.807, 2.05) is 11.8 Å². The van der Waals surface area contributed by atoms with Crippen molar-refractivity contribution < 1.29 is 4.74 Å². The van der Waals surface area contributed by atoms with Crippen LogP contribution in [0.25, 0.3) is 0 Å². The molecule has 17 heavy (non-hydrogen) atoms. The van der Waals surface area contributed by atoms with Gasteiger partial charge in [0.05, 0.1) is 5.60 Å². The zero-order chi connectivity index (χ0) is 12.6. The van der Waals surface area contributed by atoms with Crippen LogP contribution in [0, 0.1) is 5.41 Å². The van der Waals surface area contributed by atoms with Gasteiger partial charge >= 0.3 is 0 Å². The van der Waals surface area contributed by atoms with Crippen LogP contribution >= 0.6 is 11.8 Å². The summed E-state index contributed by atoms with van der Waals surface area (Å²) in [5, 5.41) is 3.71. The van der Waals surface area contributed by atoms with Crippen molar-refractivity contribution in [2.45, 2.75) is 64.7 Å². The van der Waals surface area contributed by atoms with Gasteiger partial charge in [0.25, 0.3) is 0 Å². The topological polar surface area (TPSA) is 21.3 Å². The molecule has 0 saturated carbocycles. The minimum absolute atomic E-state index is 0.0372. The van der Waals surface area contributed by atoms with E-state index < -0.39 is 0 Å². The highest BCUT2D eigenvalue weighted by molar-refractivity contribution is 7.99. The number of rotatable bonds is 2. The second-order valence-electron chi connectivity index (χ2n) is 6.19. The lowest BCUT2D eigenvalue weighted by Gasteiger charge is -2.58. The summed E-state index contributed by atoms with van der Waals surface area (Å²) in [4.78, 5) is 0. The van der Waals surface area contributed by atoms with Crippen molar-refractivity contribution in [3.05, 3.63) is 0 Å². The fourth-order valence-corrected chi connectivity index (χ4v) is 4.56. The number of nitrogens with one attached hydrogen (secondary N) is 1. The molecule has 0 amide bonds. The van der Waals surface area contributed by atoms with Crippen LogP contribution in [-0.2, 0) is 4.74 Å². The van der Waals surface area contributed by atoms with Crippen molar-refractivity contribution in [2.75, 3.05) is 18.1 Å². The maximum absolute atomic E-state index is 6.68. The molecule has 1 spiro atoms. The van der Waals surface area contributed by atoms with Gasteiger partial charge in [0, 0.05) is 17.7 Å². The molecule has 3 heteroatoms. The molecule has 0 radical (unpaired) electrons. The van der Waals surface area contributed by atoms with Gasteiger partial charge in [-0.1, -0.05) is 27.7 Å². The summed E-state index contributed by atoms with van der Waals surface area (Å²) in [5.74, 6) is 2.41. The first-order valence-electron chi connectivity index (χ1n) is 7.02. The minimum atomic E-state index is -0.0372. The third-order valence-corrected chi connectivity index (χ3v) is 6.07. The Morgan fingerprint density at radius 2 is 1.94 bits per heavy atom. The van der Waals surface area contributed by atoms with Gasteiger partial charge in [-0.05, 0) is 31.4 Å². The SMILES string of the molecule is CCC1(CC)OC2(CCCSC2)NCC1(C)C. The molecule has 1 unspecified atom stereocenters. The quantitative estimate of drug-likeness (QED) is 0.819. The second-order valence-corrected chi connectivity index (χ2v) is 7.30. The summed E-state index contributed by atoms with van der Waals surface area (Å²) in [5.41, 5.74) is 0.241. The molecule has 2 aliphatic heterocycles. The normalized spacial score (nSPS) is 36.0. The van der Waals surface area contributed by atoms with Crippen LogP contribution in [0.4, 0.5) is 0 Å². The highest BCUT2D eigenvalue weighted by Gasteiger charge is 2.53. The molecule has 0 bridgehead atoms. The molecule has 2 rings (SSSR count). The maximum atomic E-state index is 6.68. The molecular weight excluding hydrogens is 230 g/mol. The van der Waals surface area contributed by atoms with E-state index in [2.05, 4.69) is 33.0 Å². The minimum Gasteiger partial charge on any atom is -0.353 e. The molecule has 0 aromatic rings. The van der Waals surface area contributed by atoms with Crippen molar-refractivity contribution in [1.82, 2.24) is 5.32 Å². The van der Waals surface area contributed by atoms with Gasteiger partial charge in [0.2, 0.25) is 0 Å². The van der Waals surface area contributed by atoms with Crippen molar-refractivity contribution in [3.63, 3.8) is 0 Å². The molecule has 1 atom stereocenters. The van der Waals surface area contributed by atoms with E-state index >= 15 is 0 Å². The predicted molar refractivity (Wildman–Crippen MR) is 75.5 cm³/mol. The monoisotopic (exact) mass is 257 g/mol. The molecule has 2 heterocycles. The van der Waals surface area contributed by atoms with Gasteiger partial charge in [-0.3, -0.25) is 5.32 Å². The van der Waals surface area contributed by atoms with E-state index in [0.29, 0.717) is 0 Å². The maximum Gasteiger partial charge on any atom is 0.129 e. The standard InChI is InChI=1S/C14H27NOS/c1-5-13(6-2)12(3,4)10-15-14(16-13)8-7-9-17-11-14/h15H,5-11H2,1-4H3. The summed E-state index contributed by atoms with van der Waals surface area (Å²) in [6.07, 6.45) is 4.69. The molecule has 2 aliphatic rings. The first-order valence-corrected chi connectivity index (χ1v) is 8.18. The van der Waals surface area contributed by atoms with E-state index in [1.54, 1.807) is 0 Å². The smallest absolute Gasteiger partial charge is 0.129 e. The van der Waals surface area contributed by atoms with Crippen LogP contribution in [0.2, 0.25) is 0 Å². The Morgan fingerprint density at radius 3 is 2.47 bits per heavy atom. The average Bonchev–Trinajstić information content (AvgIpc) is 2.34. The Hall–Kier alpha value is 0.270. The lowest BCUT2D eigenvalue weighted by molar-refractivity contribution is -0.248. The van der Waals surface area contributed by atoms with Crippen LogP contribution in [-0.4, -0.2) is 29.4 Å². The molecule has 1 N–H and O–H groups in total. The van der Waals surface area contributed by atoms with Gasteiger partial charge in [0.1, 0.15) is 5.72 Å². The van der Waals surface area contributed by atoms with Crippen LogP contribution in [0.5, 0.6) is 0 Å². The molecule has 2 nitrogen and oxygen atoms in total. The van der Waals surface area contributed by atoms with Crippen molar-refractivity contribution >= 4 is 11.8 Å². The van der Waals surface area contributed by atoms with Crippen molar-refractivity contribution in [1.29, 1.82) is 0 Å². The van der Waals surface area contributed by atoms with Crippen molar-refractivity contribution in [3.8, 4) is 0 Å². The lowest BCUT2D eigenvalue weighted by atomic mass is 9.69. The number of thioether (sulfide) groups is 1. The Bertz CT molecular complexity index is 267. The fraction of sp³-hybridized carbons (Fsp3) is 1.00. The zero-order valence-electron chi connectivity index (χ0n) is 11.8. The Balaban J connectivity index is 2.22. The summed E-state index contributed by atoms with van der Waals surface area (Å²) in [7, 11) is 0. The van der Waals surface area contributed by atoms with Gasteiger partial charge in [-0.25, -0.2) is 0 Å². The van der Waals surface area contributed by atoms with Crippen LogP contribution in [0.1, 0.15) is 53.4 Å². The Morgan fingerprint density at radius 1 is 1.24 bits per heavy atom. The lowest BCUT2D eigenvalue weighted by Crippen LogP contribution is -2.68. The number of hydrogen-bond acceptors (Lipinski definition) is 3. The highest BCUT2D eigenvalue weighted by atomic mass is 32.2. The van der Waals surface area contributed by atoms with Gasteiger partial charge in [0.15, 0.2) is 0 Å². The van der Waals surface area contributed by atoms with Crippen molar-refractivity contribution in [2.24, 2.45) is 5.41 Å². The van der Waals surface area contributed by atoms with E-state index in [0.717, 1.165) is 25.1 Å². The Labute approximate surface area is 110 Å². The molecule has 100 valence electrons. The molecule has 0 aromatic heterocycles.